The first-order valence-corrected chi connectivity index (χ1v) is 13.5. The molecule has 3 rings (SSSR count). The molecule has 13 heteroatoms. The van der Waals surface area contributed by atoms with Crippen molar-refractivity contribution < 1.29 is 33.6 Å². The van der Waals surface area contributed by atoms with Crippen LogP contribution >= 0.6 is 34.2 Å². The Hall–Kier alpha value is -3.23. The quantitative estimate of drug-likeness (QED) is 0.0877. The summed E-state index contributed by atoms with van der Waals surface area (Å²) < 4.78 is 22.9. The number of halogens is 2. The van der Waals surface area contributed by atoms with Crippen molar-refractivity contribution in [3.05, 3.63) is 61.3 Å². The van der Waals surface area contributed by atoms with Crippen molar-refractivity contribution in [3.8, 4) is 17.2 Å². The summed E-state index contributed by atoms with van der Waals surface area (Å²) in [6.07, 6.45) is 0.356. The number of methoxy groups -OCH3 is 1. The number of carbonyl (C=O) groups excluding carboxylic acids is 2. The van der Waals surface area contributed by atoms with Gasteiger partial charge in [-0.05, 0) is 73.2 Å². The number of esters is 1. The summed E-state index contributed by atoms with van der Waals surface area (Å²) in [5, 5.41) is 20.3. The molecule has 11 nitrogen and oxygen atoms in total. The molecule has 39 heavy (non-hydrogen) atoms. The Bertz CT molecular complexity index is 1270. The zero-order valence-electron chi connectivity index (χ0n) is 21.8. The first-order valence-electron chi connectivity index (χ1n) is 12.0. The number of nitrogens with one attached hydrogen (secondary N) is 3. The molecule has 0 saturated heterocycles. The van der Waals surface area contributed by atoms with Crippen LogP contribution < -0.4 is 30.3 Å². The Morgan fingerprint density at radius 3 is 2.64 bits per heavy atom. The molecule has 0 unspecified atom stereocenters. The van der Waals surface area contributed by atoms with E-state index in [1.54, 1.807) is 37.3 Å². The zero-order valence-corrected chi connectivity index (χ0v) is 24.8. The minimum absolute atomic E-state index is 0.154. The number of hydrogen-bond donors (Lipinski definition) is 4. The number of carbonyl (C=O) groups is 2. The van der Waals surface area contributed by atoms with E-state index >= 15 is 0 Å². The lowest BCUT2D eigenvalue weighted by Gasteiger charge is -2.28. The van der Waals surface area contributed by atoms with Crippen LogP contribution in [0.3, 0.4) is 0 Å². The third-order valence-electron chi connectivity index (χ3n) is 5.43. The lowest BCUT2D eigenvalue weighted by Crippen LogP contribution is -2.45. The van der Waals surface area contributed by atoms with Gasteiger partial charge < -0.3 is 34.7 Å². The lowest BCUT2D eigenvalue weighted by atomic mass is 9.95. The van der Waals surface area contributed by atoms with Gasteiger partial charge in [-0.15, -0.1) is 0 Å². The first-order chi connectivity index (χ1) is 18.7. The van der Waals surface area contributed by atoms with E-state index in [0.717, 1.165) is 3.57 Å². The van der Waals surface area contributed by atoms with Crippen LogP contribution in [0.5, 0.6) is 17.2 Å². The number of rotatable bonds is 12. The second-order valence-electron chi connectivity index (χ2n) is 8.15. The maximum Gasteiger partial charge on any atom is 0.337 e. The molecule has 4 N–H and O–H groups in total. The van der Waals surface area contributed by atoms with Crippen molar-refractivity contribution in [3.63, 3.8) is 0 Å². The van der Waals surface area contributed by atoms with Crippen LogP contribution in [0.15, 0.2) is 46.7 Å². The van der Waals surface area contributed by atoms with E-state index in [1.807, 2.05) is 13.8 Å². The number of benzene rings is 2. The van der Waals surface area contributed by atoms with E-state index in [9.17, 15) is 14.7 Å². The van der Waals surface area contributed by atoms with Crippen molar-refractivity contribution >= 4 is 52.4 Å². The normalized spacial score (nSPS) is 15.9. The molecule has 0 bridgehead atoms. The Morgan fingerprint density at radius 1 is 1.21 bits per heavy atom. The van der Waals surface area contributed by atoms with Crippen LogP contribution in [0.25, 0.3) is 0 Å². The minimum atomic E-state index is -1.15. The van der Waals surface area contributed by atoms with Gasteiger partial charge in [0.25, 0.3) is 0 Å². The molecular weight excluding hydrogens is 643 g/mol. The van der Waals surface area contributed by atoms with Crippen LogP contribution in [0.4, 0.5) is 4.79 Å². The van der Waals surface area contributed by atoms with Crippen LogP contribution in [-0.4, -0.2) is 56.5 Å². The number of ether oxygens (including phenoxy) is 4. The molecule has 210 valence electrons. The Morgan fingerprint density at radius 2 is 1.95 bits per heavy atom. The zero-order chi connectivity index (χ0) is 28.5. The number of hydrogen-bond acceptors (Lipinski definition) is 9. The third kappa shape index (κ3) is 7.90. The summed E-state index contributed by atoms with van der Waals surface area (Å²) >= 11 is 8.29. The predicted molar refractivity (Wildman–Crippen MR) is 154 cm³/mol. The van der Waals surface area contributed by atoms with Gasteiger partial charge in [0.15, 0.2) is 17.7 Å². The van der Waals surface area contributed by atoms with Crippen LogP contribution in [0, 0.1) is 3.57 Å². The molecule has 0 aromatic heterocycles. The number of nitrogens with zero attached hydrogens (tertiary/aromatic N) is 1. The summed E-state index contributed by atoms with van der Waals surface area (Å²) in [7, 11) is 1.27. The maximum absolute atomic E-state index is 12.4. The molecule has 2 aromatic carbocycles. The highest BCUT2D eigenvalue weighted by molar-refractivity contribution is 14.1. The fourth-order valence-corrected chi connectivity index (χ4v) is 5.00. The van der Waals surface area contributed by atoms with Crippen LogP contribution in [-0.2, 0) is 9.53 Å². The number of aliphatic hydroxyl groups is 1. The molecule has 1 aliphatic heterocycles. The van der Waals surface area contributed by atoms with E-state index < -0.39 is 24.3 Å². The molecule has 2 atom stereocenters. The molecule has 0 radical (unpaired) electrons. The summed E-state index contributed by atoms with van der Waals surface area (Å²) in [5.41, 5.74) is 4.51. The molecule has 2 aromatic rings. The summed E-state index contributed by atoms with van der Waals surface area (Å²) in [5.74, 6) is 0.800. The third-order valence-corrected chi connectivity index (χ3v) is 6.44. The van der Waals surface area contributed by atoms with Gasteiger partial charge in [-0.25, -0.2) is 9.59 Å². The lowest BCUT2D eigenvalue weighted by molar-refractivity contribution is -0.136. The highest BCUT2D eigenvalue weighted by atomic mass is 127. The van der Waals surface area contributed by atoms with Crippen LogP contribution in [0.2, 0.25) is 5.02 Å². The van der Waals surface area contributed by atoms with Crippen molar-refractivity contribution in [2.75, 3.05) is 26.9 Å². The Balaban J connectivity index is 1.72. The number of aliphatic hydroxyl groups excluding tert-OH is 1. The molecule has 2 amide bonds. The molecule has 1 heterocycles. The number of urea groups is 1. The number of allylic oxidation sites excluding steroid dienone is 1. The maximum atomic E-state index is 12.4. The van der Waals surface area contributed by atoms with E-state index in [1.165, 1.54) is 13.3 Å². The molecule has 0 spiro atoms. The van der Waals surface area contributed by atoms with Crippen molar-refractivity contribution in [1.29, 1.82) is 0 Å². The molecule has 0 saturated carbocycles. The molecule has 0 aliphatic carbocycles. The van der Waals surface area contributed by atoms with Crippen molar-refractivity contribution in [2.45, 2.75) is 33.0 Å². The van der Waals surface area contributed by atoms with Gasteiger partial charge in [-0.2, -0.15) is 5.10 Å². The fourth-order valence-electron chi connectivity index (χ4n) is 3.79. The summed E-state index contributed by atoms with van der Waals surface area (Å²) in [4.78, 5) is 24.5. The minimum Gasteiger partial charge on any atom is -0.492 e. The highest BCUT2D eigenvalue weighted by Crippen LogP contribution is 2.35. The largest absolute Gasteiger partial charge is 0.492 e. The van der Waals surface area contributed by atoms with E-state index in [4.69, 9.17) is 30.5 Å². The molecular formula is C26H30ClIN4O7. The van der Waals surface area contributed by atoms with Gasteiger partial charge in [-0.1, -0.05) is 17.7 Å². The number of hydrazone groups is 1. The smallest absolute Gasteiger partial charge is 0.337 e. The van der Waals surface area contributed by atoms with E-state index in [2.05, 4.69) is 43.8 Å². The average Bonchev–Trinajstić information content (AvgIpc) is 2.89. The van der Waals surface area contributed by atoms with Gasteiger partial charge in [-0.3, -0.25) is 5.43 Å². The van der Waals surface area contributed by atoms with Gasteiger partial charge >= 0.3 is 12.0 Å². The SMILES string of the molecule is CCOc1cc([C@H]2NC(=O)NC(C)=C2C(=O)OC)ccc1OC[C@H](O)N/N=C/c1cc(Cl)cc(I)c1OCC. The summed E-state index contributed by atoms with van der Waals surface area (Å²) in [6, 6.07) is 7.30. The standard InChI is InChI=1S/C26H30ClIN4O7/c1-5-37-20-10-15(23-22(25(34)36-4)14(3)30-26(35)31-23)7-8-19(20)39-13-21(33)32-29-12-16-9-17(27)11-18(28)24(16)38-6-2/h7-12,21,23,32-33H,5-6,13H2,1-4H3,(H2,30,31,35)/b29-12+/t21-,23+/m0/s1. The van der Waals surface area contributed by atoms with Gasteiger partial charge in [0.05, 0.1) is 41.7 Å². The highest BCUT2D eigenvalue weighted by Gasteiger charge is 2.32. The van der Waals surface area contributed by atoms with Gasteiger partial charge in [0.2, 0.25) is 0 Å². The van der Waals surface area contributed by atoms with Gasteiger partial charge in [0, 0.05) is 16.3 Å². The fraction of sp³-hybridized carbons (Fsp3) is 0.346. The second-order valence-corrected chi connectivity index (χ2v) is 9.75. The molecule has 0 fully saturated rings. The van der Waals surface area contributed by atoms with Crippen molar-refractivity contribution in [2.24, 2.45) is 5.10 Å². The first kappa shape index (κ1) is 30.3. The van der Waals surface area contributed by atoms with E-state index in [-0.39, 0.29) is 12.2 Å². The predicted octanol–water partition coefficient (Wildman–Crippen LogP) is 3.86. The Labute approximate surface area is 245 Å². The Kier molecular flexibility index (Phi) is 11.1. The average molecular weight is 673 g/mol. The number of amides is 2. The summed E-state index contributed by atoms with van der Waals surface area (Å²) in [6.45, 7) is 5.98. The topological polar surface area (TPSA) is 140 Å². The molecule has 1 aliphatic rings. The van der Waals surface area contributed by atoms with Crippen molar-refractivity contribution in [1.82, 2.24) is 16.1 Å². The van der Waals surface area contributed by atoms with Crippen LogP contribution in [0.1, 0.15) is 37.9 Å². The second kappa shape index (κ2) is 14.2. The van der Waals surface area contributed by atoms with Gasteiger partial charge in [0.1, 0.15) is 12.4 Å². The monoisotopic (exact) mass is 672 g/mol. The van der Waals surface area contributed by atoms with E-state index in [0.29, 0.717) is 52.3 Å².